The molecule has 0 saturated heterocycles. The predicted octanol–water partition coefficient (Wildman–Crippen LogP) is 3.45. The molecule has 2 nitrogen and oxygen atoms in total. The van der Waals surface area contributed by atoms with Crippen LogP contribution < -0.4 is 11.1 Å². The standard InChI is InChI=1S/C15H32N2/c1-13(2)10-11-15(3,12-16)17-14-8-6-4-5-7-9-14/h13-14,17H,4-12,16H2,1-3H3. The van der Waals surface area contributed by atoms with Gasteiger partial charge < -0.3 is 11.1 Å². The van der Waals surface area contributed by atoms with E-state index in [2.05, 4.69) is 26.1 Å². The topological polar surface area (TPSA) is 38.0 Å². The molecule has 0 aromatic heterocycles. The first-order chi connectivity index (χ1) is 8.06. The summed E-state index contributed by atoms with van der Waals surface area (Å²) < 4.78 is 0. The van der Waals surface area contributed by atoms with Gasteiger partial charge in [0.15, 0.2) is 0 Å². The minimum atomic E-state index is 0.152. The lowest BCUT2D eigenvalue weighted by molar-refractivity contribution is 0.265. The maximum atomic E-state index is 5.99. The molecule has 17 heavy (non-hydrogen) atoms. The minimum absolute atomic E-state index is 0.152. The van der Waals surface area contributed by atoms with E-state index in [1.807, 2.05) is 0 Å². The molecule has 1 atom stereocenters. The van der Waals surface area contributed by atoms with Crippen LogP contribution in [0.1, 0.15) is 72.1 Å². The van der Waals surface area contributed by atoms with Crippen molar-refractivity contribution in [1.82, 2.24) is 5.32 Å². The van der Waals surface area contributed by atoms with E-state index in [1.54, 1.807) is 0 Å². The smallest absolute Gasteiger partial charge is 0.0278 e. The van der Waals surface area contributed by atoms with Crippen molar-refractivity contribution in [2.45, 2.75) is 83.7 Å². The van der Waals surface area contributed by atoms with Gasteiger partial charge in [-0.2, -0.15) is 0 Å². The molecule has 0 aromatic carbocycles. The van der Waals surface area contributed by atoms with Gasteiger partial charge in [0.25, 0.3) is 0 Å². The molecule has 0 spiro atoms. The van der Waals surface area contributed by atoms with E-state index in [9.17, 15) is 0 Å². The lowest BCUT2D eigenvalue weighted by Gasteiger charge is -2.34. The molecule has 1 aliphatic rings. The highest BCUT2D eigenvalue weighted by atomic mass is 15.0. The summed E-state index contributed by atoms with van der Waals surface area (Å²) in [5, 5.41) is 3.85. The van der Waals surface area contributed by atoms with Crippen LogP contribution >= 0.6 is 0 Å². The molecule has 1 fully saturated rings. The van der Waals surface area contributed by atoms with Crippen LogP contribution in [0.25, 0.3) is 0 Å². The van der Waals surface area contributed by atoms with Crippen LogP contribution in [0.3, 0.4) is 0 Å². The van der Waals surface area contributed by atoms with Crippen LogP contribution in [-0.4, -0.2) is 18.1 Å². The summed E-state index contributed by atoms with van der Waals surface area (Å²) in [6.45, 7) is 7.65. The van der Waals surface area contributed by atoms with Crippen molar-refractivity contribution >= 4 is 0 Å². The largest absolute Gasteiger partial charge is 0.329 e. The summed E-state index contributed by atoms with van der Waals surface area (Å²) in [5.41, 5.74) is 6.14. The third-order valence-electron chi connectivity index (χ3n) is 4.13. The Bertz CT molecular complexity index is 195. The summed E-state index contributed by atoms with van der Waals surface area (Å²) >= 11 is 0. The second kappa shape index (κ2) is 7.38. The van der Waals surface area contributed by atoms with E-state index >= 15 is 0 Å². The Morgan fingerprint density at radius 2 is 1.76 bits per heavy atom. The molecule has 0 aromatic rings. The van der Waals surface area contributed by atoms with Gasteiger partial charge in [-0.05, 0) is 38.5 Å². The minimum Gasteiger partial charge on any atom is -0.329 e. The summed E-state index contributed by atoms with van der Waals surface area (Å²) in [6.07, 6.45) is 10.8. The van der Waals surface area contributed by atoms with E-state index in [4.69, 9.17) is 5.73 Å². The predicted molar refractivity (Wildman–Crippen MR) is 76.2 cm³/mol. The Hall–Kier alpha value is -0.0800. The molecular formula is C15H32N2. The quantitative estimate of drug-likeness (QED) is 0.698. The van der Waals surface area contributed by atoms with Gasteiger partial charge in [0.05, 0.1) is 0 Å². The van der Waals surface area contributed by atoms with Gasteiger partial charge in [-0.1, -0.05) is 39.5 Å². The van der Waals surface area contributed by atoms with Crippen LogP contribution in [0.2, 0.25) is 0 Å². The lowest BCUT2D eigenvalue weighted by atomic mass is 9.90. The molecule has 102 valence electrons. The fraction of sp³-hybridized carbons (Fsp3) is 1.00. The van der Waals surface area contributed by atoms with Gasteiger partial charge in [-0.25, -0.2) is 0 Å². The first-order valence-corrected chi connectivity index (χ1v) is 7.53. The third-order valence-corrected chi connectivity index (χ3v) is 4.13. The molecule has 1 saturated carbocycles. The van der Waals surface area contributed by atoms with Crippen LogP contribution in [0.15, 0.2) is 0 Å². The lowest BCUT2D eigenvalue weighted by Crippen LogP contribution is -2.53. The molecule has 1 aliphatic carbocycles. The average molecular weight is 240 g/mol. The highest BCUT2D eigenvalue weighted by Crippen LogP contribution is 2.22. The summed E-state index contributed by atoms with van der Waals surface area (Å²) in [6, 6.07) is 0.707. The fourth-order valence-corrected chi connectivity index (χ4v) is 2.76. The Kier molecular flexibility index (Phi) is 6.50. The maximum absolute atomic E-state index is 5.99. The zero-order valence-electron chi connectivity index (χ0n) is 12.1. The highest BCUT2D eigenvalue weighted by Gasteiger charge is 2.26. The number of rotatable bonds is 6. The molecule has 2 heteroatoms. The molecule has 0 heterocycles. The molecule has 3 N–H and O–H groups in total. The fourth-order valence-electron chi connectivity index (χ4n) is 2.76. The molecule has 0 bridgehead atoms. The van der Waals surface area contributed by atoms with E-state index in [0.29, 0.717) is 6.04 Å². The summed E-state index contributed by atoms with van der Waals surface area (Å²) in [7, 11) is 0. The molecule has 1 unspecified atom stereocenters. The molecule has 0 amide bonds. The first kappa shape index (κ1) is 15.0. The second-order valence-electron chi connectivity index (χ2n) is 6.53. The van der Waals surface area contributed by atoms with Crippen molar-refractivity contribution in [2.24, 2.45) is 11.7 Å². The zero-order valence-corrected chi connectivity index (χ0v) is 12.1. The normalized spacial score (nSPS) is 22.4. The second-order valence-corrected chi connectivity index (χ2v) is 6.53. The number of hydrogen-bond acceptors (Lipinski definition) is 2. The van der Waals surface area contributed by atoms with Crippen LogP contribution in [-0.2, 0) is 0 Å². The highest BCUT2D eigenvalue weighted by molar-refractivity contribution is 4.88. The Balaban J connectivity index is 2.42. The summed E-state index contributed by atoms with van der Waals surface area (Å²) in [4.78, 5) is 0. The van der Waals surface area contributed by atoms with Gasteiger partial charge in [-0.15, -0.1) is 0 Å². The van der Waals surface area contributed by atoms with Gasteiger partial charge >= 0.3 is 0 Å². The van der Waals surface area contributed by atoms with E-state index in [1.165, 1.54) is 51.4 Å². The van der Waals surface area contributed by atoms with E-state index < -0.39 is 0 Å². The number of nitrogens with one attached hydrogen (secondary N) is 1. The number of nitrogens with two attached hydrogens (primary N) is 1. The van der Waals surface area contributed by atoms with Crippen LogP contribution in [0.4, 0.5) is 0 Å². The van der Waals surface area contributed by atoms with Crippen LogP contribution in [0, 0.1) is 5.92 Å². The van der Waals surface area contributed by atoms with E-state index in [-0.39, 0.29) is 5.54 Å². The van der Waals surface area contributed by atoms with Crippen molar-refractivity contribution in [3.63, 3.8) is 0 Å². The van der Waals surface area contributed by atoms with Gasteiger partial charge in [0, 0.05) is 18.1 Å². The monoisotopic (exact) mass is 240 g/mol. The maximum Gasteiger partial charge on any atom is 0.0278 e. The van der Waals surface area contributed by atoms with Gasteiger partial charge in [0.1, 0.15) is 0 Å². The Morgan fingerprint density at radius 3 is 2.24 bits per heavy atom. The van der Waals surface area contributed by atoms with Crippen LogP contribution in [0.5, 0.6) is 0 Å². The average Bonchev–Trinajstić information content (AvgIpc) is 2.55. The van der Waals surface area contributed by atoms with Gasteiger partial charge in [-0.3, -0.25) is 0 Å². The molecule has 0 aliphatic heterocycles. The molecule has 0 radical (unpaired) electrons. The van der Waals surface area contributed by atoms with Crippen molar-refractivity contribution in [3.8, 4) is 0 Å². The van der Waals surface area contributed by atoms with Crippen molar-refractivity contribution in [2.75, 3.05) is 6.54 Å². The Labute approximate surface area is 108 Å². The summed E-state index contributed by atoms with van der Waals surface area (Å²) in [5.74, 6) is 0.775. The molecule has 1 rings (SSSR count). The SMILES string of the molecule is CC(C)CCC(C)(CN)NC1CCCCCC1. The van der Waals surface area contributed by atoms with Crippen molar-refractivity contribution < 1.29 is 0 Å². The van der Waals surface area contributed by atoms with Crippen molar-refractivity contribution in [1.29, 1.82) is 0 Å². The third kappa shape index (κ3) is 5.87. The Morgan fingerprint density at radius 1 is 1.18 bits per heavy atom. The number of hydrogen-bond donors (Lipinski definition) is 2. The first-order valence-electron chi connectivity index (χ1n) is 7.53. The zero-order chi connectivity index (χ0) is 12.7. The van der Waals surface area contributed by atoms with Gasteiger partial charge in [0.2, 0.25) is 0 Å². The van der Waals surface area contributed by atoms with E-state index in [0.717, 1.165) is 12.5 Å². The van der Waals surface area contributed by atoms with Crippen molar-refractivity contribution in [3.05, 3.63) is 0 Å². The molecular weight excluding hydrogens is 208 g/mol.